The molecular formula is C10H12N4O4S. The van der Waals surface area contributed by atoms with Gasteiger partial charge in [0.25, 0.3) is 5.69 Å². The minimum atomic E-state index is -0.692. The lowest BCUT2D eigenvalue weighted by Crippen LogP contribution is -2.01. The number of nitrogens with one attached hydrogen (secondary N) is 1. The van der Waals surface area contributed by atoms with Crippen molar-refractivity contribution in [3.05, 3.63) is 38.4 Å². The second-order valence-corrected chi connectivity index (χ2v) is 4.76. The van der Waals surface area contributed by atoms with Gasteiger partial charge in [-0.15, -0.1) is 0 Å². The van der Waals surface area contributed by atoms with Crippen molar-refractivity contribution in [1.29, 1.82) is 0 Å². The van der Waals surface area contributed by atoms with Gasteiger partial charge in [-0.3, -0.25) is 25.7 Å². The molecule has 0 saturated heterocycles. The Bertz CT molecular complexity index is 520. The molecule has 102 valence electrons. The molecule has 0 aliphatic carbocycles. The van der Waals surface area contributed by atoms with E-state index in [-0.39, 0.29) is 22.3 Å². The topological polar surface area (TPSA) is 111 Å². The number of rotatable bonds is 6. The first-order valence-corrected chi connectivity index (χ1v) is 6.49. The molecule has 1 rings (SSSR count). The fraction of sp³-hybridized carbons (Fsp3) is 0.300. The van der Waals surface area contributed by atoms with Crippen LogP contribution in [0.3, 0.4) is 0 Å². The van der Waals surface area contributed by atoms with E-state index in [0.29, 0.717) is 0 Å². The van der Waals surface area contributed by atoms with Crippen LogP contribution in [-0.4, -0.2) is 27.6 Å². The number of non-ortho nitro benzene ring substituents is 1. The van der Waals surface area contributed by atoms with Crippen molar-refractivity contribution in [1.82, 2.24) is 0 Å². The highest BCUT2D eigenvalue weighted by Gasteiger charge is 2.18. The number of nitro benzene ring substituents is 2. The van der Waals surface area contributed by atoms with Crippen LogP contribution in [0.1, 0.15) is 6.92 Å². The molecule has 0 spiro atoms. The zero-order valence-electron chi connectivity index (χ0n) is 10.3. The average Bonchev–Trinajstić information content (AvgIpc) is 2.38. The maximum absolute atomic E-state index is 10.8. The quantitative estimate of drug-likeness (QED) is 0.488. The van der Waals surface area contributed by atoms with Crippen molar-refractivity contribution in [3.63, 3.8) is 0 Å². The normalized spacial score (nSPS) is 12.3. The molecule has 0 amide bonds. The Morgan fingerprint density at radius 2 is 2.05 bits per heavy atom. The van der Waals surface area contributed by atoms with E-state index in [9.17, 15) is 20.2 Å². The van der Waals surface area contributed by atoms with Gasteiger partial charge in [-0.1, -0.05) is 0 Å². The lowest BCUT2D eigenvalue weighted by molar-refractivity contribution is -0.393. The van der Waals surface area contributed by atoms with E-state index in [1.807, 2.05) is 13.2 Å². The Labute approximate surface area is 113 Å². The molecular weight excluding hydrogens is 272 g/mol. The summed E-state index contributed by atoms with van der Waals surface area (Å²) in [5, 5.41) is 25.4. The first-order valence-electron chi connectivity index (χ1n) is 5.20. The summed E-state index contributed by atoms with van der Waals surface area (Å²) in [4.78, 5) is 20.0. The Balaban J connectivity index is 2.97. The van der Waals surface area contributed by atoms with Crippen molar-refractivity contribution >= 4 is 35.0 Å². The summed E-state index contributed by atoms with van der Waals surface area (Å²) in [5.74, 6) is 0. The number of hydrogen-bond donors (Lipinski definition) is 1. The lowest BCUT2D eigenvalue weighted by atomic mass is 10.2. The molecule has 1 unspecified atom stereocenters. The summed E-state index contributed by atoms with van der Waals surface area (Å²) in [6.07, 6.45) is 3.50. The van der Waals surface area contributed by atoms with Gasteiger partial charge in [0.05, 0.1) is 15.9 Å². The molecule has 19 heavy (non-hydrogen) atoms. The van der Waals surface area contributed by atoms with Crippen LogP contribution in [-0.2, 0) is 0 Å². The molecule has 1 N–H and O–H groups in total. The molecule has 0 radical (unpaired) electrons. The first kappa shape index (κ1) is 14.9. The molecule has 0 heterocycles. The summed E-state index contributed by atoms with van der Waals surface area (Å²) in [5.41, 5.74) is 1.91. The Kier molecular flexibility index (Phi) is 5.24. The average molecular weight is 284 g/mol. The molecule has 0 fully saturated rings. The molecule has 0 aliphatic heterocycles. The van der Waals surface area contributed by atoms with Crippen LogP contribution >= 0.6 is 11.8 Å². The van der Waals surface area contributed by atoms with Gasteiger partial charge in [-0.2, -0.15) is 16.9 Å². The fourth-order valence-corrected chi connectivity index (χ4v) is 1.33. The van der Waals surface area contributed by atoms with E-state index in [1.54, 1.807) is 18.0 Å². The van der Waals surface area contributed by atoms with Crippen molar-refractivity contribution < 1.29 is 9.85 Å². The standard InChI is InChI=1S/C10H12N4O4S/c1-7(19-2)6-11-12-9-4-3-8(13(15)16)5-10(9)14(17)18/h3-7,12H,1-2H3. The third-order valence-corrected chi connectivity index (χ3v) is 3.10. The monoisotopic (exact) mass is 284 g/mol. The molecule has 1 aromatic carbocycles. The highest BCUT2D eigenvalue weighted by atomic mass is 32.2. The van der Waals surface area contributed by atoms with Gasteiger partial charge in [0.15, 0.2) is 0 Å². The zero-order chi connectivity index (χ0) is 14.4. The molecule has 0 bridgehead atoms. The van der Waals surface area contributed by atoms with Gasteiger partial charge in [-0.05, 0) is 19.2 Å². The summed E-state index contributed by atoms with van der Waals surface area (Å²) < 4.78 is 0. The van der Waals surface area contributed by atoms with Crippen molar-refractivity contribution in [2.24, 2.45) is 5.10 Å². The first-order chi connectivity index (χ1) is 8.95. The Morgan fingerprint density at radius 1 is 1.37 bits per heavy atom. The highest BCUT2D eigenvalue weighted by Crippen LogP contribution is 2.28. The lowest BCUT2D eigenvalue weighted by Gasteiger charge is -2.03. The minimum absolute atomic E-state index is 0.111. The number of benzene rings is 1. The van der Waals surface area contributed by atoms with Crippen molar-refractivity contribution in [2.45, 2.75) is 12.2 Å². The number of hydrogen-bond acceptors (Lipinski definition) is 7. The minimum Gasteiger partial charge on any atom is -0.272 e. The van der Waals surface area contributed by atoms with Crippen LogP contribution in [0, 0.1) is 20.2 Å². The summed E-state index contributed by atoms with van der Waals surface area (Å²) >= 11 is 1.56. The SMILES string of the molecule is CSC(C)C=NNc1ccc([N+](=O)[O-])cc1[N+](=O)[O-]. The Hall–Kier alpha value is -2.16. The highest BCUT2D eigenvalue weighted by molar-refractivity contribution is 7.99. The van der Waals surface area contributed by atoms with Crippen LogP contribution in [0.15, 0.2) is 23.3 Å². The summed E-state index contributed by atoms with van der Waals surface area (Å²) in [7, 11) is 0. The predicted octanol–water partition coefficient (Wildman–Crippen LogP) is 2.65. The molecule has 1 aromatic rings. The summed E-state index contributed by atoms with van der Waals surface area (Å²) in [6, 6.07) is 3.34. The third-order valence-electron chi connectivity index (χ3n) is 2.23. The molecule has 0 aliphatic rings. The fourth-order valence-electron chi connectivity index (χ4n) is 1.15. The number of nitro groups is 2. The third kappa shape index (κ3) is 4.21. The smallest absolute Gasteiger partial charge is 0.272 e. The second-order valence-electron chi connectivity index (χ2n) is 3.55. The van der Waals surface area contributed by atoms with Crippen LogP contribution < -0.4 is 5.43 Å². The van der Waals surface area contributed by atoms with E-state index < -0.39 is 9.85 Å². The van der Waals surface area contributed by atoms with Gasteiger partial charge in [-0.25, -0.2) is 0 Å². The van der Waals surface area contributed by atoms with Crippen LogP contribution in [0.4, 0.5) is 17.1 Å². The maximum atomic E-state index is 10.8. The van der Waals surface area contributed by atoms with E-state index in [1.165, 1.54) is 12.1 Å². The van der Waals surface area contributed by atoms with Crippen molar-refractivity contribution in [2.75, 3.05) is 11.7 Å². The van der Waals surface area contributed by atoms with Crippen LogP contribution in [0.25, 0.3) is 0 Å². The summed E-state index contributed by atoms with van der Waals surface area (Å²) in [6.45, 7) is 1.92. The zero-order valence-corrected chi connectivity index (χ0v) is 11.1. The van der Waals surface area contributed by atoms with Crippen LogP contribution in [0.5, 0.6) is 0 Å². The van der Waals surface area contributed by atoms with E-state index in [0.717, 1.165) is 6.07 Å². The molecule has 8 nitrogen and oxygen atoms in total. The van der Waals surface area contributed by atoms with E-state index in [2.05, 4.69) is 10.5 Å². The van der Waals surface area contributed by atoms with Gasteiger partial charge >= 0.3 is 5.69 Å². The van der Waals surface area contributed by atoms with E-state index in [4.69, 9.17) is 0 Å². The van der Waals surface area contributed by atoms with E-state index >= 15 is 0 Å². The molecule has 0 aromatic heterocycles. The number of nitrogens with zero attached hydrogens (tertiary/aromatic N) is 3. The molecule has 9 heteroatoms. The van der Waals surface area contributed by atoms with Gasteiger partial charge < -0.3 is 0 Å². The van der Waals surface area contributed by atoms with Gasteiger partial charge in [0, 0.05) is 17.5 Å². The molecule has 0 saturated carbocycles. The second kappa shape index (κ2) is 6.69. The van der Waals surface area contributed by atoms with Crippen LogP contribution in [0.2, 0.25) is 0 Å². The van der Waals surface area contributed by atoms with Crippen molar-refractivity contribution in [3.8, 4) is 0 Å². The predicted molar refractivity (Wildman–Crippen MR) is 74.8 cm³/mol. The maximum Gasteiger partial charge on any atom is 0.301 e. The Morgan fingerprint density at radius 3 is 2.58 bits per heavy atom. The largest absolute Gasteiger partial charge is 0.301 e. The number of hydrazone groups is 1. The van der Waals surface area contributed by atoms with Gasteiger partial charge in [0.1, 0.15) is 5.69 Å². The number of anilines is 1. The molecule has 1 atom stereocenters. The van der Waals surface area contributed by atoms with Gasteiger partial charge in [0.2, 0.25) is 0 Å². The number of thioether (sulfide) groups is 1.